The highest BCUT2D eigenvalue weighted by Crippen LogP contribution is 2.30. The number of hydrogen-bond donors (Lipinski definition) is 1. The monoisotopic (exact) mass is 495 g/mol. The van der Waals surface area contributed by atoms with E-state index in [9.17, 15) is 19.2 Å². The molecule has 0 saturated carbocycles. The molecule has 0 radical (unpaired) electrons. The maximum Gasteiger partial charge on any atom is 0.508 e. The summed E-state index contributed by atoms with van der Waals surface area (Å²) in [6.45, 7) is 7.04. The third kappa shape index (κ3) is 11.2. The van der Waals surface area contributed by atoms with Crippen LogP contribution in [-0.2, 0) is 35.0 Å². The zero-order chi connectivity index (χ0) is 26.4. The van der Waals surface area contributed by atoms with Gasteiger partial charge < -0.3 is 29.4 Å². The molecule has 0 spiro atoms. The average molecular weight is 496 g/mol. The quantitative estimate of drug-likeness (QED) is 0.299. The van der Waals surface area contributed by atoms with Crippen LogP contribution in [0.2, 0.25) is 0 Å². The minimum Gasteiger partial charge on any atom is -0.458 e. The molecule has 35 heavy (non-hydrogen) atoms. The summed E-state index contributed by atoms with van der Waals surface area (Å²) < 4.78 is 25.5. The number of benzene rings is 1. The van der Waals surface area contributed by atoms with E-state index in [2.05, 4.69) is 4.74 Å². The Morgan fingerprint density at radius 1 is 0.857 bits per heavy atom. The lowest BCUT2D eigenvalue weighted by molar-refractivity contribution is -0.155. The van der Waals surface area contributed by atoms with Crippen LogP contribution in [0.4, 0.5) is 4.79 Å². The molecule has 0 heterocycles. The second-order valence-corrected chi connectivity index (χ2v) is 8.17. The molecule has 1 aromatic rings. The highest BCUT2D eigenvalue weighted by Gasteiger charge is 2.25. The molecule has 0 aromatic heterocycles. The first-order valence-electron chi connectivity index (χ1n) is 11.9. The smallest absolute Gasteiger partial charge is 0.458 e. The van der Waals surface area contributed by atoms with Crippen molar-refractivity contribution in [3.63, 3.8) is 0 Å². The summed E-state index contributed by atoms with van der Waals surface area (Å²) in [5.74, 6) is -1.37. The number of esters is 3. The summed E-state index contributed by atoms with van der Waals surface area (Å²) in [5.41, 5.74) is 6.59. The first kappa shape index (κ1) is 29.9. The lowest BCUT2D eigenvalue weighted by Gasteiger charge is -2.22. The first-order valence-corrected chi connectivity index (χ1v) is 11.9. The van der Waals surface area contributed by atoms with Gasteiger partial charge in [-0.15, -0.1) is 0 Å². The molecule has 0 amide bonds. The fourth-order valence-electron chi connectivity index (χ4n) is 2.83. The summed E-state index contributed by atoms with van der Waals surface area (Å²) in [6, 6.07) is 3.62. The van der Waals surface area contributed by atoms with Gasteiger partial charge in [0, 0.05) is 12.8 Å². The largest absolute Gasteiger partial charge is 0.508 e. The molecule has 0 aliphatic heterocycles. The third-order valence-corrected chi connectivity index (χ3v) is 5.09. The van der Waals surface area contributed by atoms with Gasteiger partial charge in [0.25, 0.3) is 0 Å². The van der Waals surface area contributed by atoms with Gasteiger partial charge in [0.15, 0.2) is 11.5 Å². The SMILES string of the molecule is CCCCC(=O)Oc1ccc(C[C@H](N)C(=O)O[C@@H](C)[C@H](C)OC(=O)OC)cc1OC(=O)CCCC. The summed E-state index contributed by atoms with van der Waals surface area (Å²) in [4.78, 5) is 48.0. The molecule has 0 bridgehead atoms. The van der Waals surface area contributed by atoms with Gasteiger partial charge in [0.1, 0.15) is 18.2 Å². The van der Waals surface area contributed by atoms with Crippen molar-refractivity contribution in [2.75, 3.05) is 7.11 Å². The standard InChI is InChI=1S/C25H37NO9/c1-6-8-10-22(27)34-20-13-12-18(15-21(20)35-23(28)11-9-7-2)14-19(26)24(29)32-16(3)17(4)33-25(30)31-5/h12-13,15-17,19H,6-11,14,26H2,1-5H3/t16-,17-,19-/m0/s1. The number of nitrogens with two attached hydrogens (primary N) is 1. The van der Waals surface area contributed by atoms with E-state index in [1.165, 1.54) is 19.2 Å². The Hall–Kier alpha value is -3.14. The lowest BCUT2D eigenvalue weighted by Crippen LogP contribution is -2.39. The van der Waals surface area contributed by atoms with Crippen LogP contribution >= 0.6 is 0 Å². The van der Waals surface area contributed by atoms with E-state index in [0.29, 0.717) is 18.4 Å². The van der Waals surface area contributed by atoms with Gasteiger partial charge in [-0.25, -0.2) is 4.79 Å². The van der Waals surface area contributed by atoms with Crippen molar-refractivity contribution in [3.05, 3.63) is 23.8 Å². The van der Waals surface area contributed by atoms with Gasteiger partial charge in [0.2, 0.25) is 0 Å². The van der Waals surface area contributed by atoms with Crippen LogP contribution in [-0.4, -0.2) is 49.4 Å². The van der Waals surface area contributed by atoms with Crippen molar-refractivity contribution in [1.82, 2.24) is 0 Å². The van der Waals surface area contributed by atoms with Crippen molar-refractivity contribution in [3.8, 4) is 11.5 Å². The molecule has 196 valence electrons. The number of carbonyl (C=O) groups excluding carboxylic acids is 4. The molecule has 3 atom stereocenters. The lowest BCUT2D eigenvalue weighted by atomic mass is 10.1. The predicted molar refractivity (Wildman–Crippen MR) is 127 cm³/mol. The Bertz CT molecular complexity index is 855. The molecule has 0 aliphatic carbocycles. The minimum absolute atomic E-state index is 0.0708. The van der Waals surface area contributed by atoms with Crippen LogP contribution in [0.3, 0.4) is 0 Å². The molecule has 0 fully saturated rings. The second kappa shape index (κ2) is 15.7. The number of carbonyl (C=O) groups is 4. The average Bonchev–Trinajstić information content (AvgIpc) is 2.82. The molecule has 10 heteroatoms. The normalized spacial score (nSPS) is 13.2. The zero-order valence-electron chi connectivity index (χ0n) is 21.2. The van der Waals surface area contributed by atoms with E-state index < -0.39 is 42.3 Å². The van der Waals surface area contributed by atoms with Gasteiger partial charge in [-0.05, 0) is 50.8 Å². The van der Waals surface area contributed by atoms with E-state index in [1.807, 2.05) is 13.8 Å². The van der Waals surface area contributed by atoms with Crippen LogP contribution in [0.25, 0.3) is 0 Å². The maximum atomic E-state index is 12.4. The molecule has 0 saturated heterocycles. The van der Waals surface area contributed by atoms with E-state index >= 15 is 0 Å². The van der Waals surface area contributed by atoms with E-state index in [-0.39, 0.29) is 30.8 Å². The van der Waals surface area contributed by atoms with Crippen molar-refractivity contribution >= 4 is 24.1 Å². The van der Waals surface area contributed by atoms with Crippen molar-refractivity contribution < 1.29 is 42.9 Å². The molecule has 0 aliphatic rings. The molecular weight excluding hydrogens is 458 g/mol. The predicted octanol–water partition coefficient (Wildman–Crippen LogP) is 3.85. The van der Waals surface area contributed by atoms with Crippen LogP contribution in [0, 0.1) is 0 Å². The van der Waals surface area contributed by atoms with Gasteiger partial charge in [-0.3, -0.25) is 14.4 Å². The summed E-state index contributed by atoms with van der Waals surface area (Å²) in [6.07, 6.45) is 1.16. The highest BCUT2D eigenvalue weighted by atomic mass is 16.7. The van der Waals surface area contributed by atoms with Crippen molar-refractivity contribution in [1.29, 1.82) is 0 Å². The molecule has 1 rings (SSSR count). The Morgan fingerprint density at radius 2 is 1.40 bits per heavy atom. The topological polar surface area (TPSA) is 140 Å². The Balaban J connectivity index is 2.91. The Kier molecular flexibility index (Phi) is 13.4. The van der Waals surface area contributed by atoms with Gasteiger partial charge in [-0.1, -0.05) is 32.8 Å². The maximum absolute atomic E-state index is 12.4. The van der Waals surface area contributed by atoms with Gasteiger partial charge >= 0.3 is 24.1 Å². The Morgan fingerprint density at radius 3 is 1.94 bits per heavy atom. The van der Waals surface area contributed by atoms with Crippen LogP contribution in [0.5, 0.6) is 11.5 Å². The number of unbranched alkanes of at least 4 members (excludes halogenated alkanes) is 2. The number of ether oxygens (including phenoxy) is 5. The minimum atomic E-state index is -1.04. The summed E-state index contributed by atoms with van der Waals surface area (Å²) in [5, 5.41) is 0. The molecular formula is C25H37NO9. The molecule has 2 N–H and O–H groups in total. The van der Waals surface area contributed by atoms with Crippen molar-refractivity contribution in [2.45, 2.75) is 90.9 Å². The molecule has 10 nitrogen and oxygen atoms in total. The van der Waals surface area contributed by atoms with Gasteiger partial charge in [0.05, 0.1) is 7.11 Å². The number of rotatable bonds is 14. The van der Waals surface area contributed by atoms with Crippen LogP contribution in [0.1, 0.15) is 71.8 Å². The van der Waals surface area contributed by atoms with E-state index in [1.54, 1.807) is 19.9 Å². The van der Waals surface area contributed by atoms with Crippen molar-refractivity contribution in [2.24, 2.45) is 5.73 Å². The molecule has 1 aromatic carbocycles. The number of hydrogen-bond acceptors (Lipinski definition) is 10. The summed E-state index contributed by atoms with van der Waals surface area (Å²) in [7, 11) is 1.18. The van der Waals surface area contributed by atoms with Crippen LogP contribution in [0.15, 0.2) is 18.2 Å². The fraction of sp³-hybridized carbons (Fsp3) is 0.600. The second-order valence-electron chi connectivity index (χ2n) is 8.17. The molecule has 0 unspecified atom stereocenters. The first-order chi connectivity index (χ1) is 16.6. The Labute approximate surface area is 206 Å². The van der Waals surface area contributed by atoms with E-state index in [0.717, 1.165) is 12.8 Å². The number of methoxy groups -OCH3 is 1. The van der Waals surface area contributed by atoms with Gasteiger partial charge in [-0.2, -0.15) is 0 Å². The summed E-state index contributed by atoms with van der Waals surface area (Å²) >= 11 is 0. The highest BCUT2D eigenvalue weighted by molar-refractivity contribution is 5.77. The van der Waals surface area contributed by atoms with E-state index in [4.69, 9.17) is 24.7 Å². The fourth-order valence-corrected chi connectivity index (χ4v) is 2.83. The zero-order valence-corrected chi connectivity index (χ0v) is 21.2. The van der Waals surface area contributed by atoms with Crippen LogP contribution < -0.4 is 15.2 Å². The third-order valence-electron chi connectivity index (χ3n) is 5.09.